The largest absolute Gasteiger partial charge is 0.479 e. The lowest BCUT2D eigenvalue weighted by Gasteiger charge is -2.32. The molecule has 2 heterocycles. The summed E-state index contributed by atoms with van der Waals surface area (Å²) in [7, 11) is 5.24. The summed E-state index contributed by atoms with van der Waals surface area (Å²) in [5.41, 5.74) is 1.58. The van der Waals surface area contributed by atoms with E-state index in [0.29, 0.717) is 16.8 Å². The fraction of sp³-hybridized carbons (Fsp3) is 0.389. The molecule has 138 valence electrons. The number of nitrogens with zero attached hydrogens (tertiary/aromatic N) is 4. The molecule has 26 heavy (non-hydrogen) atoms. The molecule has 0 unspecified atom stereocenters. The van der Waals surface area contributed by atoms with E-state index in [0.717, 1.165) is 26.2 Å². The molecule has 0 spiro atoms. The highest BCUT2D eigenvalue weighted by Gasteiger charge is 2.20. The second-order valence-electron chi connectivity index (χ2n) is 6.35. The van der Waals surface area contributed by atoms with Crippen LogP contribution in [0.5, 0.6) is 5.88 Å². The van der Waals surface area contributed by atoms with E-state index in [-0.39, 0.29) is 17.7 Å². The van der Waals surface area contributed by atoms with Gasteiger partial charge >= 0.3 is 0 Å². The summed E-state index contributed by atoms with van der Waals surface area (Å²) in [5.74, 6) is -0.0233. The van der Waals surface area contributed by atoms with E-state index in [9.17, 15) is 9.59 Å². The number of aryl methyl sites for hydroxylation is 1. The van der Waals surface area contributed by atoms with Crippen molar-refractivity contribution in [2.75, 3.05) is 45.7 Å². The number of hydrogen-bond acceptors (Lipinski definition) is 5. The molecule has 8 nitrogen and oxygen atoms in total. The number of amides is 2. The van der Waals surface area contributed by atoms with Crippen molar-refractivity contribution in [3.63, 3.8) is 0 Å². The molecule has 8 heteroatoms. The SMILES string of the molecule is COc1nn(C)cc1C(=O)Nc1ccc(C(=O)N2CCN(C)CC2)cc1. The van der Waals surface area contributed by atoms with Crippen LogP contribution >= 0.6 is 0 Å². The average Bonchev–Trinajstić information content (AvgIpc) is 3.03. The quantitative estimate of drug-likeness (QED) is 0.885. The second-order valence-corrected chi connectivity index (χ2v) is 6.35. The zero-order valence-corrected chi connectivity index (χ0v) is 15.2. The van der Waals surface area contributed by atoms with E-state index in [1.54, 1.807) is 37.5 Å². The zero-order chi connectivity index (χ0) is 18.7. The maximum atomic E-state index is 12.5. The number of rotatable bonds is 4. The Morgan fingerprint density at radius 2 is 1.73 bits per heavy atom. The van der Waals surface area contributed by atoms with Gasteiger partial charge < -0.3 is 19.9 Å². The molecule has 1 aromatic heterocycles. The van der Waals surface area contributed by atoms with E-state index in [1.165, 1.54) is 11.8 Å². The van der Waals surface area contributed by atoms with Crippen LogP contribution in [0.4, 0.5) is 5.69 Å². The average molecular weight is 357 g/mol. The van der Waals surface area contributed by atoms with E-state index in [2.05, 4.69) is 22.4 Å². The Kier molecular flexibility index (Phi) is 5.22. The highest BCUT2D eigenvalue weighted by atomic mass is 16.5. The topological polar surface area (TPSA) is 79.7 Å². The van der Waals surface area contributed by atoms with Gasteiger partial charge in [0.05, 0.1) is 7.11 Å². The molecule has 1 N–H and O–H groups in total. The molecule has 0 aliphatic carbocycles. The van der Waals surface area contributed by atoms with Gasteiger partial charge in [0.1, 0.15) is 5.56 Å². The Balaban J connectivity index is 1.66. The minimum absolute atomic E-state index is 0.0184. The van der Waals surface area contributed by atoms with Crippen LogP contribution in [0, 0.1) is 0 Å². The predicted molar refractivity (Wildman–Crippen MR) is 97.6 cm³/mol. The molecule has 3 rings (SSSR count). The number of anilines is 1. The summed E-state index contributed by atoms with van der Waals surface area (Å²) >= 11 is 0. The third-order valence-electron chi connectivity index (χ3n) is 4.41. The number of benzene rings is 1. The third kappa shape index (κ3) is 3.85. The lowest BCUT2D eigenvalue weighted by atomic mass is 10.1. The van der Waals surface area contributed by atoms with Gasteiger partial charge in [-0.05, 0) is 31.3 Å². The van der Waals surface area contributed by atoms with Gasteiger partial charge in [0, 0.05) is 50.7 Å². The van der Waals surface area contributed by atoms with Gasteiger partial charge in [-0.1, -0.05) is 0 Å². The summed E-state index contributed by atoms with van der Waals surface area (Å²) in [6.45, 7) is 3.23. The van der Waals surface area contributed by atoms with Gasteiger partial charge in [-0.25, -0.2) is 0 Å². The van der Waals surface area contributed by atoms with E-state index in [1.807, 2.05) is 4.90 Å². The normalized spacial score (nSPS) is 15.0. The van der Waals surface area contributed by atoms with E-state index in [4.69, 9.17) is 4.74 Å². The molecule has 0 atom stereocenters. The van der Waals surface area contributed by atoms with Crippen molar-refractivity contribution < 1.29 is 14.3 Å². The van der Waals surface area contributed by atoms with Gasteiger partial charge in [0.2, 0.25) is 5.88 Å². The van der Waals surface area contributed by atoms with Crippen LogP contribution in [0.15, 0.2) is 30.5 Å². The number of ether oxygens (including phenoxy) is 1. The lowest BCUT2D eigenvalue weighted by molar-refractivity contribution is 0.0664. The first-order valence-corrected chi connectivity index (χ1v) is 8.45. The van der Waals surface area contributed by atoms with Gasteiger partial charge in [0.15, 0.2) is 0 Å². The summed E-state index contributed by atoms with van der Waals surface area (Å²) in [4.78, 5) is 29.0. The van der Waals surface area contributed by atoms with Gasteiger partial charge in [-0.3, -0.25) is 14.3 Å². The van der Waals surface area contributed by atoms with Crippen LogP contribution in [-0.4, -0.2) is 71.7 Å². The first-order valence-electron chi connectivity index (χ1n) is 8.45. The van der Waals surface area contributed by atoms with Crippen LogP contribution in [0.25, 0.3) is 0 Å². The van der Waals surface area contributed by atoms with Gasteiger partial charge in [-0.15, -0.1) is 5.10 Å². The first-order chi connectivity index (χ1) is 12.5. The molecular weight excluding hydrogens is 334 g/mol. The minimum Gasteiger partial charge on any atom is -0.479 e. The molecule has 1 saturated heterocycles. The standard InChI is InChI=1S/C18H23N5O3/c1-21-8-10-23(11-9-21)18(25)13-4-6-14(7-5-13)19-16(24)15-12-22(2)20-17(15)26-3/h4-7,12H,8-11H2,1-3H3,(H,19,24). The maximum Gasteiger partial charge on any atom is 0.262 e. The molecular formula is C18H23N5O3. The molecule has 1 fully saturated rings. The van der Waals surface area contributed by atoms with Crippen LogP contribution in [0.2, 0.25) is 0 Å². The molecule has 1 aromatic carbocycles. The highest BCUT2D eigenvalue weighted by Crippen LogP contribution is 2.18. The molecule has 2 aromatic rings. The second kappa shape index (κ2) is 7.57. The summed E-state index contributed by atoms with van der Waals surface area (Å²) < 4.78 is 6.62. The third-order valence-corrected chi connectivity index (χ3v) is 4.41. The monoisotopic (exact) mass is 357 g/mol. The maximum absolute atomic E-state index is 12.5. The molecule has 0 bridgehead atoms. The molecule has 2 amide bonds. The number of carbonyl (C=O) groups excluding carboxylic acids is 2. The molecule has 1 aliphatic heterocycles. The van der Waals surface area contributed by atoms with Crippen LogP contribution in [0.3, 0.4) is 0 Å². The number of nitrogens with one attached hydrogen (secondary N) is 1. The summed E-state index contributed by atoms with van der Waals surface area (Å²) in [6.07, 6.45) is 1.60. The van der Waals surface area contributed by atoms with Crippen molar-refractivity contribution in [2.24, 2.45) is 7.05 Å². The Bertz CT molecular complexity index is 792. The number of aromatic nitrogens is 2. The van der Waals surface area contributed by atoms with Crippen molar-refractivity contribution in [2.45, 2.75) is 0 Å². The number of methoxy groups -OCH3 is 1. The number of piperazine rings is 1. The number of hydrogen-bond donors (Lipinski definition) is 1. The minimum atomic E-state index is -0.312. The Labute approximate surface area is 152 Å². The Hall–Kier alpha value is -2.87. The van der Waals surface area contributed by atoms with Crippen molar-refractivity contribution >= 4 is 17.5 Å². The van der Waals surface area contributed by atoms with E-state index < -0.39 is 0 Å². The zero-order valence-electron chi connectivity index (χ0n) is 15.2. The lowest BCUT2D eigenvalue weighted by Crippen LogP contribution is -2.47. The first kappa shape index (κ1) is 17.9. The number of likely N-dealkylation sites (N-methyl/N-ethyl adjacent to an activating group) is 1. The van der Waals surface area contributed by atoms with Crippen molar-refractivity contribution in [1.29, 1.82) is 0 Å². The summed E-state index contributed by atoms with van der Waals surface area (Å²) in [5, 5.41) is 6.86. The fourth-order valence-electron chi connectivity index (χ4n) is 2.86. The van der Waals surface area contributed by atoms with Gasteiger partial charge in [0.25, 0.3) is 11.8 Å². The molecule has 0 saturated carbocycles. The number of carbonyl (C=O) groups is 2. The molecule has 1 aliphatic rings. The van der Waals surface area contributed by atoms with Crippen LogP contribution in [-0.2, 0) is 7.05 Å². The van der Waals surface area contributed by atoms with Crippen molar-refractivity contribution in [1.82, 2.24) is 19.6 Å². The van der Waals surface area contributed by atoms with Crippen LogP contribution in [0.1, 0.15) is 20.7 Å². The predicted octanol–water partition coefficient (Wildman–Crippen LogP) is 1.07. The smallest absolute Gasteiger partial charge is 0.262 e. The fourth-order valence-corrected chi connectivity index (χ4v) is 2.86. The summed E-state index contributed by atoms with van der Waals surface area (Å²) in [6, 6.07) is 6.92. The Morgan fingerprint density at radius 1 is 1.08 bits per heavy atom. The highest BCUT2D eigenvalue weighted by molar-refractivity contribution is 6.06. The van der Waals surface area contributed by atoms with Crippen molar-refractivity contribution in [3.05, 3.63) is 41.6 Å². The van der Waals surface area contributed by atoms with Crippen LogP contribution < -0.4 is 10.1 Å². The Morgan fingerprint density at radius 3 is 2.35 bits per heavy atom. The van der Waals surface area contributed by atoms with E-state index >= 15 is 0 Å². The molecule has 0 radical (unpaired) electrons. The van der Waals surface area contributed by atoms with Crippen molar-refractivity contribution in [3.8, 4) is 5.88 Å². The van der Waals surface area contributed by atoms with Gasteiger partial charge in [-0.2, -0.15) is 0 Å².